The van der Waals surface area contributed by atoms with E-state index in [0.29, 0.717) is 17.1 Å². The van der Waals surface area contributed by atoms with Crippen molar-refractivity contribution >= 4 is 30.0 Å². The van der Waals surface area contributed by atoms with E-state index in [1.807, 2.05) is 18.2 Å². The Kier molecular flexibility index (Phi) is 4.99. The second-order valence-electron chi connectivity index (χ2n) is 3.75. The zero-order valence-electron chi connectivity index (χ0n) is 9.71. The van der Waals surface area contributed by atoms with Gasteiger partial charge in [0.25, 0.3) is 0 Å². The van der Waals surface area contributed by atoms with Crippen LogP contribution in [-0.2, 0) is 6.54 Å². The van der Waals surface area contributed by atoms with E-state index in [1.165, 1.54) is 16.8 Å². The van der Waals surface area contributed by atoms with Crippen LogP contribution in [0.4, 0.5) is 0 Å². The van der Waals surface area contributed by atoms with Crippen LogP contribution in [-0.4, -0.2) is 15.6 Å². The predicted molar refractivity (Wildman–Crippen MR) is 73.9 cm³/mol. The highest BCUT2D eigenvalue weighted by molar-refractivity contribution is 6.31. The van der Waals surface area contributed by atoms with Crippen molar-refractivity contribution in [2.24, 2.45) is 0 Å². The molecule has 0 fully saturated rings. The highest BCUT2D eigenvalue weighted by Gasteiger charge is 2.13. The van der Waals surface area contributed by atoms with Crippen molar-refractivity contribution in [1.29, 1.82) is 5.26 Å². The highest BCUT2D eigenvalue weighted by Crippen LogP contribution is 2.18. The van der Waals surface area contributed by atoms with Gasteiger partial charge in [0.2, 0.25) is 0 Å². The lowest BCUT2D eigenvalue weighted by molar-refractivity contribution is 0.0685. The van der Waals surface area contributed by atoms with E-state index in [1.54, 1.807) is 12.1 Å². The van der Waals surface area contributed by atoms with Crippen LogP contribution in [0.3, 0.4) is 0 Å². The normalized spacial score (nSPS) is 9.47. The topological polar surface area (TPSA) is 66.0 Å². The number of carboxylic acids is 1. The molecule has 0 spiro atoms. The van der Waals surface area contributed by atoms with Crippen molar-refractivity contribution < 1.29 is 9.90 Å². The molecule has 0 unspecified atom stereocenters. The summed E-state index contributed by atoms with van der Waals surface area (Å²) in [6.07, 6.45) is 1.51. The summed E-state index contributed by atoms with van der Waals surface area (Å²) < 4.78 is 1.50. The fourth-order valence-corrected chi connectivity index (χ4v) is 1.89. The maximum absolute atomic E-state index is 11.1. The summed E-state index contributed by atoms with van der Waals surface area (Å²) in [5.74, 6) is -1.07. The Morgan fingerprint density at radius 3 is 2.68 bits per heavy atom. The van der Waals surface area contributed by atoms with Crippen LogP contribution in [0.1, 0.15) is 21.6 Å². The summed E-state index contributed by atoms with van der Waals surface area (Å²) in [5.41, 5.74) is 1.20. The SMILES string of the molecule is Cl.N#Cc1cc(C(=O)O)n(Cc2ccccc2Cl)c1. The standard InChI is InChI=1S/C13H9ClN2O2.ClH/c14-11-4-2-1-3-10(11)8-16-7-9(6-15)5-12(16)13(17)18;/h1-5,7H,8H2,(H,17,18);1H. The number of hydrogen-bond donors (Lipinski definition) is 1. The molecule has 19 heavy (non-hydrogen) atoms. The number of nitrogens with zero attached hydrogens (tertiary/aromatic N) is 2. The summed E-state index contributed by atoms with van der Waals surface area (Å²) >= 11 is 6.02. The Bertz CT molecular complexity index is 644. The van der Waals surface area contributed by atoms with E-state index in [2.05, 4.69) is 0 Å². The average molecular weight is 297 g/mol. The van der Waals surface area contributed by atoms with Gasteiger partial charge in [-0.1, -0.05) is 29.8 Å². The molecule has 0 amide bonds. The van der Waals surface area contributed by atoms with Crippen LogP contribution < -0.4 is 0 Å². The molecule has 98 valence electrons. The second-order valence-corrected chi connectivity index (χ2v) is 4.16. The first-order chi connectivity index (χ1) is 8.61. The van der Waals surface area contributed by atoms with Crippen LogP contribution in [0.25, 0.3) is 0 Å². The van der Waals surface area contributed by atoms with Gasteiger partial charge in [-0.2, -0.15) is 5.26 Å². The molecule has 0 saturated heterocycles. The van der Waals surface area contributed by atoms with E-state index >= 15 is 0 Å². The molecule has 0 radical (unpaired) electrons. The third-order valence-electron chi connectivity index (χ3n) is 2.54. The molecule has 2 rings (SSSR count). The summed E-state index contributed by atoms with van der Waals surface area (Å²) in [7, 11) is 0. The molecule has 2 aromatic rings. The summed E-state index contributed by atoms with van der Waals surface area (Å²) in [6.45, 7) is 0.322. The first-order valence-electron chi connectivity index (χ1n) is 5.19. The van der Waals surface area contributed by atoms with Crippen LogP contribution in [0.5, 0.6) is 0 Å². The molecule has 0 bridgehead atoms. The fourth-order valence-electron chi connectivity index (χ4n) is 1.69. The lowest BCUT2D eigenvalue weighted by Crippen LogP contribution is -2.08. The van der Waals surface area contributed by atoms with E-state index < -0.39 is 5.97 Å². The Hall–Kier alpha value is -1.96. The molecular weight excluding hydrogens is 287 g/mol. The van der Waals surface area contributed by atoms with Crippen molar-refractivity contribution in [2.75, 3.05) is 0 Å². The molecule has 0 aliphatic carbocycles. The van der Waals surface area contributed by atoms with Gasteiger partial charge in [-0.25, -0.2) is 4.79 Å². The van der Waals surface area contributed by atoms with E-state index in [4.69, 9.17) is 22.0 Å². The number of aromatic nitrogens is 1. The smallest absolute Gasteiger partial charge is 0.352 e. The second kappa shape index (κ2) is 6.28. The van der Waals surface area contributed by atoms with Crippen LogP contribution in [0.2, 0.25) is 5.02 Å². The molecule has 1 heterocycles. The molecule has 1 aromatic heterocycles. The number of carboxylic acid groups (broad SMARTS) is 1. The van der Waals surface area contributed by atoms with Gasteiger partial charge in [0.05, 0.1) is 5.56 Å². The van der Waals surface area contributed by atoms with Gasteiger partial charge >= 0.3 is 5.97 Å². The Morgan fingerprint density at radius 2 is 2.11 bits per heavy atom. The van der Waals surface area contributed by atoms with Crippen LogP contribution in [0.15, 0.2) is 36.5 Å². The van der Waals surface area contributed by atoms with Crippen molar-refractivity contribution in [1.82, 2.24) is 4.57 Å². The van der Waals surface area contributed by atoms with Gasteiger partial charge in [-0.3, -0.25) is 0 Å². The van der Waals surface area contributed by atoms with Gasteiger partial charge in [0.15, 0.2) is 0 Å². The van der Waals surface area contributed by atoms with E-state index in [-0.39, 0.29) is 18.1 Å². The van der Waals surface area contributed by atoms with Gasteiger partial charge < -0.3 is 9.67 Å². The number of halogens is 2. The number of carbonyl (C=O) groups is 1. The van der Waals surface area contributed by atoms with Crippen molar-refractivity contribution in [3.8, 4) is 6.07 Å². The monoisotopic (exact) mass is 296 g/mol. The van der Waals surface area contributed by atoms with Gasteiger partial charge in [0.1, 0.15) is 11.8 Å². The zero-order chi connectivity index (χ0) is 13.1. The largest absolute Gasteiger partial charge is 0.477 e. The summed E-state index contributed by atoms with van der Waals surface area (Å²) in [4.78, 5) is 11.1. The van der Waals surface area contributed by atoms with Gasteiger partial charge in [0, 0.05) is 17.8 Å². The molecule has 0 saturated carbocycles. The molecule has 4 nitrogen and oxygen atoms in total. The number of hydrogen-bond acceptors (Lipinski definition) is 2. The molecule has 0 aliphatic heterocycles. The van der Waals surface area contributed by atoms with Crippen LogP contribution in [0, 0.1) is 11.3 Å². The molecule has 0 atom stereocenters. The number of nitriles is 1. The first kappa shape index (κ1) is 15.1. The minimum Gasteiger partial charge on any atom is -0.477 e. The predicted octanol–water partition coefficient (Wildman–Crippen LogP) is 3.18. The molecule has 1 N–H and O–H groups in total. The first-order valence-corrected chi connectivity index (χ1v) is 5.56. The maximum Gasteiger partial charge on any atom is 0.352 e. The number of benzene rings is 1. The highest BCUT2D eigenvalue weighted by atomic mass is 35.5. The Balaban J connectivity index is 0.00000180. The average Bonchev–Trinajstić information content (AvgIpc) is 2.75. The van der Waals surface area contributed by atoms with E-state index in [9.17, 15) is 4.79 Å². The van der Waals surface area contributed by atoms with Crippen molar-refractivity contribution in [3.63, 3.8) is 0 Å². The summed E-state index contributed by atoms with van der Waals surface area (Å²) in [6, 6.07) is 10.5. The molecule has 0 aliphatic rings. The summed E-state index contributed by atoms with van der Waals surface area (Å²) in [5, 5.41) is 18.4. The van der Waals surface area contributed by atoms with Crippen molar-refractivity contribution in [3.05, 3.63) is 58.4 Å². The molecule has 1 aromatic carbocycles. The number of aromatic carboxylic acids is 1. The Labute approximate surface area is 121 Å². The Morgan fingerprint density at radius 1 is 1.42 bits per heavy atom. The quantitative estimate of drug-likeness (QED) is 0.946. The maximum atomic E-state index is 11.1. The minimum absolute atomic E-state index is 0. The molecular formula is C13H10Cl2N2O2. The lowest BCUT2D eigenvalue weighted by Gasteiger charge is -2.07. The fraction of sp³-hybridized carbons (Fsp3) is 0.0769. The lowest BCUT2D eigenvalue weighted by atomic mass is 10.2. The number of rotatable bonds is 3. The third-order valence-corrected chi connectivity index (χ3v) is 2.91. The zero-order valence-corrected chi connectivity index (χ0v) is 11.3. The third kappa shape index (κ3) is 3.28. The van der Waals surface area contributed by atoms with Gasteiger partial charge in [-0.15, -0.1) is 12.4 Å². The minimum atomic E-state index is -1.07. The van der Waals surface area contributed by atoms with Crippen LogP contribution >= 0.6 is 24.0 Å². The van der Waals surface area contributed by atoms with Crippen molar-refractivity contribution in [2.45, 2.75) is 6.54 Å². The molecule has 6 heteroatoms. The van der Waals surface area contributed by atoms with Gasteiger partial charge in [-0.05, 0) is 17.7 Å². The van der Waals surface area contributed by atoms with E-state index in [0.717, 1.165) is 5.56 Å².